The highest BCUT2D eigenvalue weighted by Gasteiger charge is 2.03. The van der Waals surface area contributed by atoms with Gasteiger partial charge < -0.3 is 10.1 Å². The van der Waals surface area contributed by atoms with Crippen LogP contribution in [0.4, 0.5) is 0 Å². The van der Waals surface area contributed by atoms with Crippen LogP contribution in [-0.2, 0) is 4.79 Å². The zero-order valence-corrected chi connectivity index (χ0v) is 7.91. The first-order valence-electron chi connectivity index (χ1n) is 3.57. The van der Waals surface area contributed by atoms with E-state index < -0.39 is 0 Å². The van der Waals surface area contributed by atoms with Gasteiger partial charge in [0, 0.05) is 5.70 Å². The van der Waals surface area contributed by atoms with Crippen LogP contribution in [0.3, 0.4) is 0 Å². The highest BCUT2D eigenvalue weighted by molar-refractivity contribution is 7.98. The van der Waals surface area contributed by atoms with Gasteiger partial charge in [0.25, 0.3) is 0 Å². The van der Waals surface area contributed by atoms with Crippen molar-refractivity contribution in [1.29, 1.82) is 0 Å². The van der Waals surface area contributed by atoms with Crippen LogP contribution in [0.15, 0.2) is 12.3 Å². The Morgan fingerprint density at radius 1 is 1.82 bits per heavy atom. The predicted octanol–water partition coefficient (Wildman–Crippen LogP) is 1.43. The maximum absolute atomic E-state index is 10.4. The average Bonchev–Trinajstić information content (AvgIpc) is 1.97. The Morgan fingerprint density at radius 3 is 2.82 bits per heavy atom. The lowest BCUT2D eigenvalue weighted by molar-refractivity contribution is -0.109. The highest BCUT2D eigenvalue weighted by Crippen LogP contribution is 1.99. The maximum atomic E-state index is 10.4. The van der Waals surface area contributed by atoms with Crippen molar-refractivity contribution in [3.05, 3.63) is 12.3 Å². The van der Waals surface area contributed by atoms with E-state index in [1.54, 1.807) is 11.8 Å². The van der Waals surface area contributed by atoms with E-state index in [9.17, 15) is 4.79 Å². The van der Waals surface area contributed by atoms with Gasteiger partial charge in [0.1, 0.15) is 6.29 Å². The molecule has 1 atom stereocenters. The summed E-state index contributed by atoms with van der Waals surface area (Å²) in [5, 5.41) is 2.99. The van der Waals surface area contributed by atoms with Crippen molar-refractivity contribution in [3.8, 4) is 0 Å². The van der Waals surface area contributed by atoms with E-state index in [2.05, 4.69) is 11.9 Å². The van der Waals surface area contributed by atoms with E-state index in [0.717, 1.165) is 24.2 Å². The third kappa shape index (κ3) is 5.98. The van der Waals surface area contributed by atoms with Crippen molar-refractivity contribution >= 4 is 18.0 Å². The van der Waals surface area contributed by atoms with Gasteiger partial charge in [-0.1, -0.05) is 6.58 Å². The largest absolute Gasteiger partial charge is 0.380 e. The Hall–Kier alpha value is -0.440. The van der Waals surface area contributed by atoms with Crippen molar-refractivity contribution in [1.82, 2.24) is 5.32 Å². The van der Waals surface area contributed by atoms with Crippen LogP contribution < -0.4 is 5.32 Å². The van der Waals surface area contributed by atoms with Crippen LogP contribution >= 0.6 is 11.8 Å². The highest BCUT2D eigenvalue weighted by atomic mass is 32.2. The van der Waals surface area contributed by atoms with Gasteiger partial charge in [-0.15, -0.1) is 0 Å². The zero-order chi connectivity index (χ0) is 8.69. The van der Waals surface area contributed by atoms with Crippen LogP contribution in [0.2, 0.25) is 0 Å². The van der Waals surface area contributed by atoms with E-state index in [0.29, 0.717) is 0 Å². The normalized spacial score (nSPS) is 12.2. The molecule has 0 spiro atoms. The molecule has 1 N–H and O–H groups in total. The Bertz CT molecular complexity index is 136. The summed E-state index contributed by atoms with van der Waals surface area (Å²) in [6.45, 7) is 5.53. The van der Waals surface area contributed by atoms with Gasteiger partial charge in [0.2, 0.25) is 0 Å². The topological polar surface area (TPSA) is 29.1 Å². The second kappa shape index (κ2) is 6.28. The summed E-state index contributed by atoms with van der Waals surface area (Å²) in [5.74, 6) is 1.00. The number of aldehydes is 1. The number of carbonyl (C=O) groups is 1. The van der Waals surface area contributed by atoms with Crippen LogP contribution in [0.25, 0.3) is 0 Å². The van der Waals surface area contributed by atoms with Gasteiger partial charge in [-0.05, 0) is 25.4 Å². The molecular formula is C8H15NOS. The molecule has 0 fully saturated rings. The molecule has 0 aromatic heterocycles. The lowest BCUT2D eigenvalue weighted by Gasteiger charge is -2.12. The molecule has 0 amide bonds. The molecule has 11 heavy (non-hydrogen) atoms. The van der Waals surface area contributed by atoms with Gasteiger partial charge in [0.15, 0.2) is 0 Å². The molecule has 0 aliphatic heterocycles. The molecular weight excluding hydrogens is 158 g/mol. The molecule has 0 unspecified atom stereocenters. The average molecular weight is 173 g/mol. The zero-order valence-electron chi connectivity index (χ0n) is 7.09. The Morgan fingerprint density at radius 2 is 2.45 bits per heavy atom. The first kappa shape index (κ1) is 10.6. The molecule has 2 nitrogen and oxygen atoms in total. The monoisotopic (exact) mass is 173 g/mol. The smallest absolute Gasteiger partial charge is 0.142 e. The van der Waals surface area contributed by atoms with Gasteiger partial charge >= 0.3 is 0 Å². The molecule has 0 aliphatic carbocycles. The summed E-state index contributed by atoms with van der Waals surface area (Å²) in [6, 6.07) is -0.0556. The van der Waals surface area contributed by atoms with E-state index in [4.69, 9.17) is 0 Å². The van der Waals surface area contributed by atoms with Gasteiger partial charge in [0.05, 0.1) is 6.04 Å². The standard InChI is InChI=1S/C8H15NOS/c1-7(2)9-8(6-10)4-5-11-3/h6,8-9H,1,4-5H2,2-3H3/t8-/m1/s1. The van der Waals surface area contributed by atoms with E-state index in [1.165, 1.54) is 0 Å². The molecule has 0 heterocycles. The molecule has 0 aliphatic rings. The van der Waals surface area contributed by atoms with Crippen molar-refractivity contribution < 1.29 is 4.79 Å². The summed E-state index contributed by atoms with van der Waals surface area (Å²) in [6.07, 6.45) is 3.84. The lowest BCUT2D eigenvalue weighted by Crippen LogP contribution is -2.29. The fourth-order valence-corrected chi connectivity index (χ4v) is 1.23. The Kier molecular flexibility index (Phi) is 6.03. The number of carbonyl (C=O) groups excluding carboxylic acids is 1. The minimum atomic E-state index is -0.0556. The molecule has 0 aromatic rings. The number of hydrogen-bond donors (Lipinski definition) is 1. The molecule has 0 rings (SSSR count). The molecule has 3 heteroatoms. The molecule has 0 saturated carbocycles. The second-order valence-corrected chi connectivity index (χ2v) is 3.43. The summed E-state index contributed by atoms with van der Waals surface area (Å²) >= 11 is 1.74. The first-order valence-corrected chi connectivity index (χ1v) is 4.96. The molecule has 0 radical (unpaired) electrons. The quantitative estimate of drug-likeness (QED) is 0.616. The van der Waals surface area contributed by atoms with Crippen molar-refractivity contribution in [3.63, 3.8) is 0 Å². The summed E-state index contributed by atoms with van der Waals surface area (Å²) < 4.78 is 0. The van der Waals surface area contributed by atoms with E-state index >= 15 is 0 Å². The predicted molar refractivity (Wildman–Crippen MR) is 50.8 cm³/mol. The minimum absolute atomic E-state index is 0.0556. The minimum Gasteiger partial charge on any atom is -0.380 e. The number of thioether (sulfide) groups is 1. The number of rotatable bonds is 6. The van der Waals surface area contributed by atoms with Gasteiger partial charge in [-0.2, -0.15) is 11.8 Å². The van der Waals surface area contributed by atoms with Crippen molar-refractivity contribution in [2.75, 3.05) is 12.0 Å². The fourth-order valence-electron chi connectivity index (χ4n) is 0.736. The van der Waals surface area contributed by atoms with Crippen LogP contribution in [-0.4, -0.2) is 24.3 Å². The Balaban J connectivity index is 3.57. The third-order valence-corrected chi connectivity index (χ3v) is 1.87. The molecule has 0 bridgehead atoms. The molecule has 64 valence electrons. The van der Waals surface area contributed by atoms with Crippen molar-refractivity contribution in [2.45, 2.75) is 19.4 Å². The van der Waals surface area contributed by atoms with Crippen LogP contribution in [0, 0.1) is 0 Å². The van der Waals surface area contributed by atoms with Gasteiger partial charge in [-0.25, -0.2) is 0 Å². The summed E-state index contributed by atoms with van der Waals surface area (Å²) in [5.41, 5.74) is 0.850. The van der Waals surface area contributed by atoms with E-state index in [-0.39, 0.29) is 6.04 Å². The van der Waals surface area contributed by atoms with Crippen LogP contribution in [0.5, 0.6) is 0 Å². The van der Waals surface area contributed by atoms with E-state index in [1.807, 2.05) is 13.2 Å². The first-order chi connectivity index (χ1) is 5.20. The molecule has 0 aromatic carbocycles. The summed E-state index contributed by atoms with van der Waals surface area (Å²) in [7, 11) is 0. The van der Waals surface area contributed by atoms with Crippen LogP contribution in [0.1, 0.15) is 13.3 Å². The van der Waals surface area contributed by atoms with Crippen molar-refractivity contribution in [2.24, 2.45) is 0 Å². The summed E-state index contributed by atoms with van der Waals surface area (Å²) in [4.78, 5) is 10.4. The Labute approximate surface area is 72.4 Å². The molecule has 0 saturated heterocycles. The maximum Gasteiger partial charge on any atom is 0.142 e. The van der Waals surface area contributed by atoms with Gasteiger partial charge in [-0.3, -0.25) is 0 Å². The third-order valence-electron chi connectivity index (χ3n) is 1.23. The second-order valence-electron chi connectivity index (χ2n) is 2.45. The number of hydrogen-bond acceptors (Lipinski definition) is 3. The number of nitrogens with one attached hydrogen (secondary N) is 1. The number of allylic oxidation sites excluding steroid dienone is 1. The fraction of sp³-hybridized carbons (Fsp3) is 0.625. The SMILES string of the molecule is C=C(C)N[C@@H](C=O)CCSC. The lowest BCUT2D eigenvalue weighted by atomic mass is 10.2.